The Morgan fingerprint density at radius 1 is 1.00 bits per heavy atom. The second-order valence-corrected chi connectivity index (χ2v) is 6.16. The Kier molecular flexibility index (Phi) is 4.08. The highest BCUT2D eigenvalue weighted by Gasteiger charge is 2.09. The fourth-order valence-corrected chi connectivity index (χ4v) is 3.81. The van der Waals surface area contributed by atoms with Gasteiger partial charge in [0, 0.05) is 21.7 Å². The lowest BCUT2D eigenvalue weighted by Gasteiger charge is -2.21. The number of hydrogen-bond acceptors (Lipinski definition) is 3. The fraction of sp³-hybridized carbons (Fsp3) is 0.400. The quantitative estimate of drug-likeness (QED) is 0.777. The summed E-state index contributed by atoms with van der Waals surface area (Å²) in [4.78, 5) is 2.43. The van der Waals surface area contributed by atoms with Crippen molar-refractivity contribution in [2.45, 2.75) is 0 Å². The zero-order valence-corrected chi connectivity index (χ0v) is 11.0. The second-order valence-electron chi connectivity index (χ2n) is 3.09. The highest BCUT2D eigenvalue weighted by atomic mass is 79.9. The third-order valence-corrected chi connectivity index (χ3v) is 4.82. The first-order valence-corrected chi connectivity index (χ1v) is 7.62. The first-order valence-electron chi connectivity index (χ1n) is 4.52. The standard InChI is InChI=1S/C10H12BrNS2/c11-9-1-3-10(4-2-9)12-7-13-5-6-14-8-12/h1-4H,5-8H2. The van der Waals surface area contributed by atoms with Crippen molar-refractivity contribution in [3.8, 4) is 0 Å². The first kappa shape index (κ1) is 10.7. The second kappa shape index (κ2) is 5.33. The molecule has 1 aromatic carbocycles. The molecule has 0 bridgehead atoms. The predicted octanol–water partition coefficient (Wildman–Crippen LogP) is 3.65. The summed E-state index contributed by atoms with van der Waals surface area (Å²) >= 11 is 7.49. The molecule has 2 rings (SSSR count). The van der Waals surface area contributed by atoms with Gasteiger partial charge in [-0.05, 0) is 24.3 Å². The predicted molar refractivity (Wildman–Crippen MR) is 71.3 cm³/mol. The number of hydrogen-bond donors (Lipinski definition) is 0. The lowest BCUT2D eigenvalue weighted by molar-refractivity contribution is 1.07. The smallest absolute Gasteiger partial charge is 0.0648 e. The maximum atomic E-state index is 3.46. The van der Waals surface area contributed by atoms with Crippen LogP contribution in [0.25, 0.3) is 0 Å². The van der Waals surface area contributed by atoms with Crippen molar-refractivity contribution in [2.75, 3.05) is 28.2 Å². The summed E-state index contributed by atoms with van der Waals surface area (Å²) in [6.07, 6.45) is 0. The van der Waals surface area contributed by atoms with Crippen LogP contribution in [0.15, 0.2) is 28.7 Å². The molecule has 1 fully saturated rings. The molecule has 0 amide bonds. The molecule has 0 unspecified atom stereocenters. The minimum Gasteiger partial charge on any atom is -0.353 e. The summed E-state index contributed by atoms with van der Waals surface area (Å²) in [7, 11) is 0. The van der Waals surface area contributed by atoms with Gasteiger partial charge in [0.05, 0.1) is 11.8 Å². The van der Waals surface area contributed by atoms with Gasteiger partial charge < -0.3 is 4.90 Å². The van der Waals surface area contributed by atoms with Crippen LogP contribution in [-0.2, 0) is 0 Å². The van der Waals surface area contributed by atoms with Gasteiger partial charge in [0.2, 0.25) is 0 Å². The molecule has 0 radical (unpaired) electrons. The molecule has 1 aromatic rings. The van der Waals surface area contributed by atoms with E-state index in [4.69, 9.17) is 0 Å². The molecule has 0 atom stereocenters. The zero-order valence-electron chi connectivity index (χ0n) is 7.78. The molecular formula is C10H12BrNS2. The molecule has 1 nitrogen and oxygen atoms in total. The summed E-state index contributed by atoms with van der Waals surface area (Å²) in [5, 5.41) is 0. The maximum Gasteiger partial charge on any atom is 0.0648 e. The van der Waals surface area contributed by atoms with Gasteiger partial charge in [0.15, 0.2) is 0 Å². The summed E-state index contributed by atoms with van der Waals surface area (Å²) in [6, 6.07) is 8.57. The van der Waals surface area contributed by atoms with E-state index in [1.54, 1.807) is 0 Å². The van der Waals surface area contributed by atoms with E-state index >= 15 is 0 Å². The zero-order chi connectivity index (χ0) is 9.80. The van der Waals surface area contributed by atoms with Crippen molar-refractivity contribution in [3.05, 3.63) is 28.7 Å². The van der Waals surface area contributed by atoms with Crippen molar-refractivity contribution in [1.82, 2.24) is 0 Å². The Morgan fingerprint density at radius 2 is 1.57 bits per heavy atom. The Hall–Kier alpha value is 0.200. The first-order chi connectivity index (χ1) is 6.86. The molecule has 76 valence electrons. The van der Waals surface area contributed by atoms with Crippen LogP contribution in [0.1, 0.15) is 0 Å². The van der Waals surface area contributed by atoms with Gasteiger partial charge >= 0.3 is 0 Å². The molecule has 1 aliphatic heterocycles. The lowest BCUT2D eigenvalue weighted by atomic mass is 10.3. The number of nitrogens with zero attached hydrogens (tertiary/aromatic N) is 1. The molecule has 0 aliphatic carbocycles. The van der Waals surface area contributed by atoms with Crippen molar-refractivity contribution in [1.29, 1.82) is 0 Å². The lowest BCUT2D eigenvalue weighted by Crippen LogP contribution is -2.20. The van der Waals surface area contributed by atoms with Gasteiger partial charge in [-0.3, -0.25) is 0 Å². The van der Waals surface area contributed by atoms with Crippen molar-refractivity contribution < 1.29 is 0 Å². The molecular weight excluding hydrogens is 278 g/mol. The van der Waals surface area contributed by atoms with Crippen LogP contribution in [0.5, 0.6) is 0 Å². The number of anilines is 1. The Morgan fingerprint density at radius 3 is 2.14 bits per heavy atom. The van der Waals surface area contributed by atoms with Crippen LogP contribution in [-0.4, -0.2) is 23.3 Å². The van der Waals surface area contributed by atoms with E-state index in [-0.39, 0.29) is 0 Å². The molecule has 1 heterocycles. The highest BCUT2D eigenvalue weighted by molar-refractivity contribution is 9.10. The van der Waals surface area contributed by atoms with Gasteiger partial charge in [-0.25, -0.2) is 0 Å². The summed E-state index contributed by atoms with van der Waals surface area (Å²) in [6.45, 7) is 0. The fourth-order valence-electron chi connectivity index (χ4n) is 1.31. The van der Waals surface area contributed by atoms with Gasteiger partial charge in [0.1, 0.15) is 0 Å². The van der Waals surface area contributed by atoms with E-state index in [1.165, 1.54) is 17.2 Å². The van der Waals surface area contributed by atoms with Crippen molar-refractivity contribution >= 4 is 45.1 Å². The van der Waals surface area contributed by atoms with Crippen LogP contribution in [0, 0.1) is 0 Å². The van der Waals surface area contributed by atoms with E-state index in [2.05, 4.69) is 45.1 Å². The van der Waals surface area contributed by atoms with Gasteiger partial charge in [-0.2, -0.15) is 0 Å². The SMILES string of the molecule is Brc1ccc(N2CSCCSC2)cc1. The van der Waals surface area contributed by atoms with Crippen LogP contribution < -0.4 is 4.90 Å². The van der Waals surface area contributed by atoms with E-state index in [9.17, 15) is 0 Å². The average Bonchev–Trinajstić information content (AvgIpc) is 2.47. The molecule has 0 saturated carbocycles. The van der Waals surface area contributed by atoms with Gasteiger partial charge in [-0.1, -0.05) is 15.9 Å². The van der Waals surface area contributed by atoms with E-state index in [0.29, 0.717) is 0 Å². The number of rotatable bonds is 1. The number of benzene rings is 1. The molecule has 1 saturated heterocycles. The van der Waals surface area contributed by atoms with Crippen LogP contribution in [0.3, 0.4) is 0 Å². The summed E-state index contributed by atoms with van der Waals surface area (Å²) in [5.74, 6) is 4.79. The van der Waals surface area contributed by atoms with Crippen molar-refractivity contribution in [3.63, 3.8) is 0 Å². The Bertz CT molecular complexity index is 281. The number of thioether (sulfide) groups is 2. The molecule has 0 N–H and O–H groups in total. The van der Waals surface area contributed by atoms with Gasteiger partial charge in [0.25, 0.3) is 0 Å². The molecule has 0 spiro atoms. The summed E-state index contributed by atoms with van der Waals surface area (Å²) < 4.78 is 1.15. The molecule has 1 aliphatic rings. The molecule has 4 heteroatoms. The Labute approximate surface area is 102 Å². The highest BCUT2D eigenvalue weighted by Crippen LogP contribution is 2.25. The topological polar surface area (TPSA) is 3.24 Å². The normalized spacial score (nSPS) is 17.9. The van der Waals surface area contributed by atoms with Crippen LogP contribution in [0.2, 0.25) is 0 Å². The third-order valence-electron chi connectivity index (χ3n) is 2.06. The molecule has 0 aromatic heterocycles. The molecule has 14 heavy (non-hydrogen) atoms. The van der Waals surface area contributed by atoms with Crippen LogP contribution >= 0.6 is 39.5 Å². The van der Waals surface area contributed by atoms with Crippen LogP contribution in [0.4, 0.5) is 5.69 Å². The van der Waals surface area contributed by atoms with E-state index < -0.39 is 0 Å². The number of halogens is 1. The van der Waals surface area contributed by atoms with E-state index in [1.807, 2.05) is 23.5 Å². The van der Waals surface area contributed by atoms with E-state index in [0.717, 1.165) is 16.2 Å². The minimum atomic E-state index is 1.12. The van der Waals surface area contributed by atoms with Crippen molar-refractivity contribution in [2.24, 2.45) is 0 Å². The monoisotopic (exact) mass is 289 g/mol. The van der Waals surface area contributed by atoms with Gasteiger partial charge in [-0.15, -0.1) is 23.5 Å². The third kappa shape index (κ3) is 2.84. The maximum absolute atomic E-state index is 3.46. The average molecular weight is 290 g/mol. The summed E-state index contributed by atoms with van der Waals surface area (Å²) in [5.41, 5.74) is 1.33. The largest absolute Gasteiger partial charge is 0.353 e. The minimum absolute atomic E-state index is 1.12. The Balaban J connectivity index is 2.08.